The summed E-state index contributed by atoms with van der Waals surface area (Å²) in [5, 5.41) is 0. The van der Waals surface area contributed by atoms with Gasteiger partial charge in [0.2, 0.25) is 0 Å². The first kappa shape index (κ1) is 17.2. The van der Waals surface area contributed by atoms with E-state index in [2.05, 4.69) is 82.3 Å². The minimum atomic E-state index is 0.594. The molecule has 0 amide bonds. The largest absolute Gasteiger partial charge is 0.0683 e. The van der Waals surface area contributed by atoms with Gasteiger partial charge in [-0.15, -0.1) is 0 Å². The first-order chi connectivity index (χ1) is 10.1. The van der Waals surface area contributed by atoms with Gasteiger partial charge in [-0.1, -0.05) is 87.9 Å². The molecule has 2 aromatic carbocycles. The highest BCUT2D eigenvalue weighted by atomic mass is 14.0. The lowest BCUT2D eigenvalue weighted by Gasteiger charge is -2.06. The normalized spacial score (nSPS) is 11.1. The Bertz CT molecular complexity index is 554. The maximum atomic E-state index is 2.24. The smallest absolute Gasteiger partial charge is 0.0219 e. The average Bonchev–Trinajstić information content (AvgIpc) is 2.50. The van der Waals surface area contributed by atoms with Crippen molar-refractivity contribution in [3.05, 3.63) is 70.8 Å². The van der Waals surface area contributed by atoms with Gasteiger partial charge in [0, 0.05) is 0 Å². The third kappa shape index (κ3) is 5.23. The Labute approximate surface area is 130 Å². The number of aryl methyl sites for hydroxylation is 1. The number of allylic oxidation sites excluding steroid dienone is 1. The summed E-state index contributed by atoms with van der Waals surface area (Å²) in [5.41, 5.74) is 6.56. The summed E-state index contributed by atoms with van der Waals surface area (Å²) in [5.74, 6) is 0.594. The molecule has 0 heterocycles. The van der Waals surface area contributed by atoms with Crippen LogP contribution in [0.2, 0.25) is 0 Å². The van der Waals surface area contributed by atoms with E-state index in [-0.39, 0.29) is 0 Å². The molecular formula is C21H28. The van der Waals surface area contributed by atoms with E-state index in [9.17, 15) is 0 Å². The van der Waals surface area contributed by atoms with E-state index >= 15 is 0 Å². The van der Waals surface area contributed by atoms with Gasteiger partial charge in [0.05, 0.1) is 0 Å². The second-order valence-corrected chi connectivity index (χ2v) is 5.51. The van der Waals surface area contributed by atoms with Crippen molar-refractivity contribution in [2.75, 3.05) is 0 Å². The number of benzene rings is 2. The van der Waals surface area contributed by atoms with Crippen LogP contribution < -0.4 is 0 Å². The SMILES string of the molecule is C/C(=C/c1ccc(C(C)C)cc1)c1ccc(C)cc1.CC. The van der Waals surface area contributed by atoms with E-state index < -0.39 is 0 Å². The summed E-state index contributed by atoms with van der Waals surface area (Å²) in [7, 11) is 0. The van der Waals surface area contributed by atoms with Crippen molar-refractivity contribution in [2.24, 2.45) is 0 Å². The van der Waals surface area contributed by atoms with Gasteiger partial charge < -0.3 is 0 Å². The summed E-state index contributed by atoms with van der Waals surface area (Å²) in [6, 6.07) is 17.5. The fraction of sp³-hybridized carbons (Fsp3) is 0.333. The Balaban J connectivity index is 0.00000106. The van der Waals surface area contributed by atoms with Gasteiger partial charge in [0.25, 0.3) is 0 Å². The van der Waals surface area contributed by atoms with Crippen LogP contribution in [0.25, 0.3) is 11.6 Å². The molecule has 0 saturated carbocycles. The highest BCUT2D eigenvalue weighted by Gasteiger charge is 1.99. The lowest BCUT2D eigenvalue weighted by molar-refractivity contribution is 0.866. The minimum absolute atomic E-state index is 0.594. The monoisotopic (exact) mass is 280 g/mol. The Morgan fingerprint density at radius 1 is 0.857 bits per heavy atom. The molecule has 112 valence electrons. The fourth-order valence-electron chi connectivity index (χ4n) is 2.13. The van der Waals surface area contributed by atoms with Gasteiger partial charge in [-0.25, -0.2) is 0 Å². The standard InChI is InChI=1S/C19H22.C2H6/c1-14(2)18-11-7-17(8-12-18)13-16(4)19-9-5-15(3)6-10-19;1-2/h5-14H,1-4H3;1-2H3/b16-13-;. The second kappa shape index (κ2) is 8.46. The summed E-state index contributed by atoms with van der Waals surface area (Å²) in [4.78, 5) is 0. The molecule has 0 spiro atoms. The first-order valence-corrected chi connectivity index (χ1v) is 7.91. The lowest BCUT2D eigenvalue weighted by atomic mass is 9.99. The van der Waals surface area contributed by atoms with Crippen molar-refractivity contribution in [3.63, 3.8) is 0 Å². The molecule has 0 atom stereocenters. The van der Waals surface area contributed by atoms with Crippen molar-refractivity contribution in [2.45, 2.75) is 47.5 Å². The van der Waals surface area contributed by atoms with E-state index in [4.69, 9.17) is 0 Å². The van der Waals surface area contributed by atoms with Crippen LogP contribution >= 0.6 is 0 Å². The lowest BCUT2D eigenvalue weighted by Crippen LogP contribution is -1.86. The summed E-state index contributed by atoms with van der Waals surface area (Å²) in [6.45, 7) is 12.7. The summed E-state index contributed by atoms with van der Waals surface area (Å²) in [6.07, 6.45) is 2.24. The van der Waals surface area contributed by atoms with E-state index in [1.165, 1.54) is 27.8 Å². The zero-order valence-electron chi connectivity index (χ0n) is 14.3. The quantitative estimate of drug-likeness (QED) is 0.548. The van der Waals surface area contributed by atoms with Crippen LogP contribution in [0.5, 0.6) is 0 Å². The van der Waals surface area contributed by atoms with Gasteiger partial charge in [-0.2, -0.15) is 0 Å². The van der Waals surface area contributed by atoms with Crippen molar-refractivity contribution in [1.29, 1.82) is 0 Å². The van der Waals surface area contributed by atoms with Crippen LogP contribution in [-0.2, 0) is 0 Å². The molecule has 0 saturated heterocycles. The Hall–Kier alpha value is -1.82. The number of hydrogen-bond acceptors (Lipinski definition) is 0. The van der Waals surface area contributed by atoms with Crippen molar-refractivity contribution in [1.82, 2.24) is 0 Å². The summed E-state index contributed by atoms with van der Waals surface area (Å²) < 4.78 is 0. The molecule has 0 aliphatic heterocycles. The maximum Gasteiger partial charge on any atom is -0.0219 e. The van der Waals surface area contributed by atoms with Crippen LogP contribution in [-0.4, -0.2) is 0 Å². The zero-order chi connectivity index (χ0) is 15.8. The zero-order valence-corrected chi connectivity index (χ0v) is 14.3. The van der Waals surface area contributed by atoms with E-state index in [1.54, 1.807) is 0 Å². The van der Waals surface area contributed by atoms with Crippen LogP contribution in [0.4, 0.5) is 0 Å². The summed E-state index contributed by atoms with van der Waals surface area (Å²) >= 11 is 0. The van der Waals surface area contributed by atoms with Crippen LogP contribution in [0.1, 0.15) is 62.8 Å². The molecule has 0 aromatic heterocycles. The topological polar surface area (TPSA) is 0 Å². The van der Waals surface area contributed by atoms with Crippen molar-refractivity contribution in [3.8, 4) is 0 Å². The first-order valence-electron chi connectivity index (χ1n) is 7.91. The fourth-order valence-corrected chi connectivity index (χ4v) is 2.13. The van der Waals surface area contributed by atoms with Crippen LogP contribution in [0.15, 0.2) is 48.5 Å². The Morgan fingerprint density at radius 2 is 1.38 bits per heavy atom. The second-order valence-electron chi connectivity index (χ2n) is 5.51. The molecule has 0 unspecified atom stereocenters. The van der Waals surface area contributed by atoms with E-state index in [0.29, 0.717) is 5.92 Å². The van der Waals surface area contributed by atoms with Gasteiger partial charge in [0.1, 0.15) is 0 Å². The predicted octanol–water partition coefficient (Wildman–Crippen LogP) is 6.71. The Kier molecular flexibility index (Phi) is 6.94. The van der Waals surface area contributed by atoms with Gasteiger partial charge >= 0.3 is 0 Å². The van der Waals surface area contributed by atoms with Crippen LogP contribution in [0.3, 0.4) is 0 Å². The predicted molar refractivity (Wildman–Crippen MR) is 96.6 cm³/mol. The molecule has 0 N–H and O–H groups in total. The Morgan fingerprint density at radius 3 is 1.86 bits per heavy atom. The van der Waals surface area contributed by atoms with Gasteiger partial charge in [0.15, 0.2) is 0 Å². The molecule has 2 aromatic rings. The molecule has 2 rings (SSSR count). The molecular weight excluding hydrogens is 252 g/mol. The molecule has 21 heavy (non-hydrogen) atoms. The molecule has 0 aliphatic rings. The van der Waals surface area contributed by atoms with Gasteiger partial charge in [-0.3, -0.25) is 0 Å². The highest BCUT2D eigenvalue weighted by molar-refractivity contribution is 5.80. The maximum absolute atomic E-state index is 2.24. The molecule has 0 aliphatic carbocycles. The minimum Gasteiger partial charge on any atom is -0.0683 e. The van der Waals surface area contributed by atoms with Crippen molar-refractivity contribution >= 4 is 11.6 Å². The number of hydrogen-bond donors (Lipinski definition) is 0. The average molecular weight is 280 g/mol. The van der Waals surface area contributed by atoms with Gasteiger partial charge in [-0.05, 0) is 42.0 Å². The molecule has 0 radical (unpaired) electrons. The van der Waals surface area contributed by atoms with E-state index in [1.807, 2.05) is 13.8 Å². The third-order valence-corrected chi connectivity index (χ3v) is 3.49. The third-order valence-electron chi connectivity index (χ3n) is 3.49. The highest BCUT2D eigenvalue weighted by Crippen LogP contribution is 2.20. The molecule has 0 nitrogen and oxygen atoms in total. The van der Waals surface area contributed by atoms with Crippen LogP contribution in [0, 0.1) is 6.92 Å². The molecule has 0 bridgehead atoms. The number of rotatable bonds is 3. The van der Waals surface area contributed by atoms with Crippen molar-refractivity contribution < 1.29 is 0 Å². The molecule has 0 heteroatoms. The molecule has 0 fully saturated rings. The van der Waals surface area contributed by atoms with E-state index in [0.717, 1.165) is 0 Å².